The summed E-state index contributed by atoms with van der Waals surface area (Å²) < 4.78 is 23.6. The number of aromatic nitrogens is 1. The highest BCUT2D eigenvalue weighted by molar-refractivity contribution is 7.90. The number of hydrogen-bond acceptors (Lipinski definition) is 5. The van der Waals surface area contributed by atoms with Gasteiger partial charge in [-0.3, -0.25) is 0 Å². The molecule has 17 heavy (non-hydrogen) atoms. The third-order valence-corrected chi connectivity index (χ3v) is 4.07. The summed E-state index contributed by atoms with van der Waals surface area (Å²) in [5.74, 6) is 0.424. The summed E-state index contributed by atoms with van der Waals surface area (Å²) in [6.07, 6.45) is 1.18. The van der Waals surface area contributed by atoms with Crippen molar-refractivity contribution in [2.75, 3.05) is 6.26 Å². The summed E-state index contributed by atoms with van der Waals surface area (Å²) in [4.78, 5) is 8.56. The van der Waals surface area contributed by atoms with E-state index in [0.717, 1.165) is 10.2 Å². The molecule has 7 heteroatoms. The van der Waals surface area contributed by atoms with Crippen LogP contribution in [0, 0.1) is 0 Å². The van der Waals surface area contributed by atoms with Crippen LogP contribution in [0.3, 0.4) is 0 Å². The third kappa shape index (κ3) is 2.62. The average Bonchev–Trinajstić information content (AvgIpc) is 2.55. The second-order valence-corrected chi connectivity index (χ2v) is 6.68. The van der Waals surface area contributed by atoms with Crippen molar-refractivity contribution in [1.29, 1.82) is 0 Å². The van der Waals surface area contributed by atoms with Crippen LogP contribution in [-0.4, -0.2) is 25.5 Å². The van der Waals surface area contributed by atoms with Gasteiger partial charge >= 0.3 is 0 Å². The van der Waals surface area contributed by atoms with Crippen molar-refractivity contribution >= 4 is 42.4 Å². The number of fused-ring (bicyclic) bond motifs is 1. The standard InChI is InChI=1S/C10H11N3O2S2/c1-6(11)12-10-13-8-4-3-7(17(2,14)15)5-9(8)16-10/h3-5H,1-2H3,(H2,11,12,13). The lowest BCUT2D eigenvalue weighted by Crippen LogP contribution is -2.03. The minimum Gasteiger partial charge on any atom is -0.387 e. The lowest BCUT2D eigenvalue weighted by Gasteiger charge is -1.96. The summed E-state index contributed by atoms with van der Waals surface area (Å²) in [5.41, 5.74) is 6.19. The fourth-order valence-electron chi connectivity index (χ4n) is 1.32. The maximum atomic E-state index is 11.4. The predicted octanol–water partition coefficient (Wildman–Crippen LogP) is 1.71. The molecule has 0 fully saturated rings. The molecule has 2 N–H and O–H groups in total. The number of amidine groups is 1. The van der Waals surface area contributed by atoms with E-state index in [1.54, 1.807) is 25.1 Å². The van der Waals surface area contributed by atoms with Gasteiger partial charge in [-0.25, -0.2) is 18.4 Å². The first-order valence-electron chi connectivity index (χ1n) is 4.78. The number of nitrogens with two attached hydrogens (primary N) is 1. The van der Waals surface area contributed by atoms with Gasteiger partial charge in [0.15, 0.2) is 9.84 Å². The van der Waals surface area contributed by atoms with Gasteiger partial charge in [0, 0.05) is 6.26 Å². The minimum absolute atomic E-state index is 0.286. The fraction of sp³-hybridized carbons (Fsp3) is 0.200. The first kappa shape index (κ1) is 12.0. The van der Waals surface area contributed by atoms with Crippen LogP contribution in [0.15, 0.2) is 28.1 Å². The first-order valence-corrected chi connectivity index (χ1v) is 7.48. The van der Waals surface area contributed by atoms with E-state index in [9.17, 15) is 8.42 Å². The van der Waals surface area contributed by atoms with Crippen LogP contribution in [0.1, 0.15) is 6.92 Å². The molecule has 0 saturated carbocycles. The van der Waals surface area contributed by atoms with E-state index in [4.69, 9.17) is 5.73 Å². The van der Waals surface area contributed by atoms with Crippen molar-refractivity contribution in [2.24, 2.45) is 10.7 Å². The molecule has 0 saturated heterocycles. The molecule has 0 spiro atoms. The molecule has 0 aliphatic rings. The Morgan fingerprint density at radius 3 is 2.76 bits per heavy atom. The normalized spacial score (nSPS) is 13.2. The van der Waals surface area contributed by atoms with Crippen LogP contribution in [-0.2, 0) is 9.84 Å². The monoisotopic (exact) mass is 269 g/mol. The van der Waals surface area contributed by atoms with Gasteiger partial charge in [0.25, 0.3) is 0 Å². The molecule has 1 aromatic heterocycles. The van der Waals surface area contributed by atoms with E-state index in [0.29, 0.717) is 11.0 Å². The predicted molar refractivity (Wildman–Crippen MR) is 69.7 cm³/mol. The quantitative estimate of drug-likeness (QED) is 0.664. The van der Waals surface area contributed by atoms with Crippen LogP contribution >= 0.6 is 11.3 Å². The van der Waals surface area contributed by atoms with Crippen LogP contribution in [0.4, 0.5) is 5.13 Å². The van der Waals surface area contributed by atoms with E-state index < -0.39 is 9.84 Å². The van der Waals surface area contributed by atoms with Gasteiger partial charge in [-0.15, -0.1) is 0 Å². The summed E-state index contributed by atoms with van der Waals surface area (Å²) in [6, 6.07) is 4.82. The van der Waals surface area contributed by atoms with Crippen molar-refractivity contribution < 1.29 is 8.42 Å². The largest absolute Gasteiger partial charge is 0.387 e. The molecule has 90 valence electrons. The smallest absolute Gasteiger partial charge is 0.211 e. The van der Waals surface area contributed by atoms with Gasteiger partial charge in [-0.1, -0.05) is 11.3 Å². The molecular formula is C10H11N3O2S2. The van der Waals surface area contributed by atoms with Crippen molar-refractivity contribution in [3.63, 3.8) is 0 Å². The molecule has 1 aromatic carbocycles. The minimum atomic E-state index is -3.19. The van der Waals surface area contributed by atoms with Crippen molar-refractivity contribution in [1.82, 2.24) is 4.98 Å². The number of hydrogen-bond donors (Lipinski definition) is 1. The van der Waals surface area contributed by atoms with Crippen molar-refractivity contribution in [3.05, 3.63) is 18.2 Å². The Balaban J connectivity index is 2.60. The Hall–Kier alpha value is -1.47. The van der Waals surface area contributed by atoms with E-state index in [-0.39, 0.29) is 4.90 Å². The number of sulfone groups is 1. The summed E-state index contributed by atoms with van der Waals surface area (Å²) >= 11 is 1.31. The molecule has 2 aromatic rings. The average molecular weight is 269 g/mol. The number of aliphatic imine (C=N–C) groups is 1. The van der Waals surface area contributed by atoms with Crippen LogP contribution in [0.2, 0.25) is 0 Å². The molecule has 0 aliphatic heterocycles. The first-order chi connectivity index (χ1) is 7.86. The summed E-state index contributed by atoms with van der Waals surface area (Å²) in [7, 11) is -3.19. The zero-order chi connectivity index (χ0) is 12.6. The van der Waals surface area contributed by atoms with E-state index >= 15 is 0 Å². The highest BCUT2D eigenvalue weighted by atomic mass is 32.2. The van der Waals surface area contributed by atoms with Gasteiger partial charge in [0.2, 0.25) is 5.13 Å². The van der Waals surface area contributed by atoms with Crippen molar-refractivity contribution in [2.45, 2.75) is 11.8 Å². The molecule has 0 bridgehead atoms. The lowest BCUT2D eigenvalue weighted by atomic mass is 10.3. The zero-order valence-electron chi connectivity index (χ0n) is 9.34. The Labute approximate surface area is 103 Å². The highest BCUT2D eigenvalue weighted by Gasteiger charge is 2.10. The second-order valence-electron chi connectivity index (χ2n) is 3.65. The van der Waals surface area contributed by atoms with Crippen LogP contribution in [0.5, 0.6) is 0 Å². The molecule has 0 unspecified atom stereocenters. The van der Waals surface area contributed by atoms with Crippen molar-refractivity contribution in [3.8, 4) is 0 Å². The molecule has 0 atom stereocenters. The number of thiazole rings is 1. The van der Waals surface area contributed by atoms with Gasteiger partial charge < -0.3 is 5.73 Å². The Morgan fingerprint density at radius 1 is 1.47 bits per heavy atom. The van der Waals surface area contributed by atoms with E-state index in [1.807, 2.05) is 0 Å². The van der Waals surface area contributed by atoms with E-state index in [1.165, 1.54) is 17.6 Å². The summed E-state index contributed by atoms with van der Waals surface area (Å²) in [5, 5.41) is 0.533. The Bertz CT molecular complexity index is 697. The Kier molecular flexibility index (Phi) is 2.88. The van der Waals surface area contributed by atoms with E-state index in [2.05, 4.69) is 9.98 Å². The molecular weight excluding hydrogens is 258 g/mol. The topological polar surface area (TPSA) is 85.4 Å². The maximum absolute atomic E-state index is 11.4. The molecule has 0 radical (unpaired) electrons. The number of rotatable bonds is 2. The highest BCUT2D eigenvalue weighted by Crippen LogP contribution is 2.29. The fourth-order valence-corrected chi connectivity index (χ4v) is 2.98. The summed E-state index contributed by atoms with van der Waals surface area (Å²) in [6.45, 7) is 1.67. The van der Waals surface area contributed by atoms with Gasteiger partial charge in [-0.05, 0) is 25.1 Å². The molecule has 5 nitrogen and oxygen atoms in total. The number of benzene rings is 1. The van der Waals surface area contributed by atoms with Crippen LogP contribution in [0.25, 0.3) is 10.2 Å². The maximum Gasteiger partial charge on any atom is 0.211 e. The van der Waals surface area contributed by atoms with Gasteiger partial charge in [0.1, 0.15) is 0 Å². The van der Waals surface area contributed by atoms with Gasteiger partial charge in [0.05, 0.1) is 20.9 Å². The zero-order valence-corrected chi connectivity index (χ0v) is 11.0. The molecule has 0 aliphatic carbocycles. The number of nitrogens with zero attached hydrogens (tertiary/aromatic N) is 2. The van der Waals surface area contributed by atoms with Crippen LogP contribution < -0.4 is 5.73 Å². The molecule has 1 heterocycles. The second kappa shape index (κ2) is 4.08. The SMILES string of the molecule is C/C(N)=N\c1nc2ccc(S(C)(=O)=O)cc2s1. The lowest BCUT2D eigenvalue weighted by molar-refractivity contribution is 0.602. The third-order valence-electron chi connectivity index (χ3n) is 2.05. The van der Waals surface area contributed by atoms with Gasteiger partial charge in [-0.2, -0.15) is 0 Å². The Morgan fingerprint density at radius 2 is 2.18 bits per heavy atom. The molecule has 0 amide bonds. The molecule has 2 rings (SSSR count).